The number of nitrogens with two attached hydrogens (primary N) is 1. The van der Waals surface area contributed by atoms with Crippen LogP contribution in [0.1, 0.15) is 11.1 Å². The largest absolute Gasteiger partial charge is 0.321 e. The predicted molar refractivity (Wildman–Crippen MR) is 43.6 cm³/mol. The molecule has 0 aliphatic rings. The number of hydrogen-bond donors (Lipinski definition) is 2. The van der Waals surface area contributed by atoms with Gasteiger partial charge in [-0.2, -0.15) is 0 Å². The summed E-state index contributed by atoms with van der Waals surface area (Å²) in [6, 6.07) is 1.24. The average molecular weight is 172 g/mol. The molecule has 2 nitrogen and oxygen atoms in total. The second-order valence-electron chi connectivity index (χ2n) is 2.63. The third kappa shape index (κ3) is 1.25. The molecule has 0 aliphatic carbocycles. The van der Waals surface area contributed by atoms with E-state index < -0.39 is 11.6 Å². The number of anilines is 1. The van der Waals surface area contributed by atoms with Crippen LogP contribution >= 0.6 is 0 Å². The van der Waals surface area contributed by atoms with Gasteiger partial charge in [-0.25, -0.2) is 8.78 Å². The summed E-state index contributed by atoms with van der Waals surface area (Å²) in [6.45, 7) is 2.95. The molecule has 0 aliphatic heterocycles. The molecule has 0 bridgehead atoms. The Kier molecular flexibility index (Phi) is 2.28. The molecule has 1 aromatic carbocycles. The second-order valence-corrected chi connectivity index (χ2v) is 2.63. The van der Waals surface area contributed by atoms with E-state index in [0.29, 0.717) is 5.56 Å². The van der Waals surface area contributed by atoms with Gasteiger partial charge in [0.1, 0.15) is 5.82 Å². The molecule has 0 aromatic heterocycles. The van der Waals surface area contributed by atoms with Crippen LogP contribution < -0.4 is 11.3 Å². The molecular formula is C8H10F2N2. The third-order valence-electron chi connectivity index (χ3n) is 1.79. The zero-order chi connectivity index (χ0) is 9.30. The Morgan fingerprint density at radius 3 is 2.42 bits per heavy atom. The van der Waals surface area contributed by atoms with Crippen molar-refractivity contribution in [3.63, 3.8) is 0 Å². The second kappa shape index (κ2) is 3.06. The van der Waals surface area contributed by atoms with E-state index in [-0.39, 0.29) is 11.3 Å². The number of aryl methyl sites for hydroxylation is 1. The lowest BCUT2D eigenvalue weighted by molar-refractivity contribution is 0.568. The lowest BCUT2D eigenvalue weighted by Crippen LogP contribution is -2.11. The van der Waals surface area contributed by atoms with Crippen molar-refractivity contribution in [3.05, 3.63) is 28.8 Å². The van der Waals surface area contributed by atoms with Crippen LogP contribution in [0.2, 0.25) is 0 Å². The Hall–Kier alpha value is -1.16. The van der Waals surface area contributed by atoms with E-state index in [4.69, 9.17) is 5.84 Å². The molecule has 0 fully saturated rings. The summed E-state index contributed by atoms with van der Waals surface area (Å²) in [5, 5.41) is 0. The van der Waals surface area contributed by atoms with Crippen LogP contribution in [0.3, 0.4) is 0 Å². The van der Waals surface area contributed by atoms with Gasteiger partial charge in [-0.15, -0.1) is 0 Å². The number of benzene rings is 1. The molecule has 1 aromatic rings. The Morgan fingerprint density at radius 2 is 1.92 bits per heavy atom. The fraction of sp³-hybridized carbons (Fsp3) is 0.250. The van der Waals surface area contributed by atoms with Crippen LogP contribution in [0.15, 0.2) is 6.07 Å². The number of rotatable bonds is 1. The first-order valence-corrected chi connectivity index (χ1v) is 3.49. The monoisotopic (exact) mass is 172 g/mol. The molecule has 1 rings (SSSR count). The molecule has 66 valence electrons. The smallest absolute Gasteiger partial charge is 0.153 e. The summed E-state index contributed by atoms with van der Waals surface area (Å²) >= 11 is 0. The van der Waals surface area contributed by atoms with Crippen molar-refractivity contribution in [2.45, 2.75) is 13.8 Å². The first-order valence-electron chi connectivity index (χ1n) is 3.49. The van der Waals surface area contributed by atoms with Crippen LogP contribution in [0.5, 0.6) is 0 Å². The van der Waals surface area contributed by atoms with Crippen molar-refractivity contribution in [3.8, 4) is 0 Å². The molecule has 3 N–H and O–H groups in total. The zero-order valence-corrected chi connectivity index (χ0v) is 6.91. The maximum Gasteiger partial charge on any atom is 0.153 e. The molecule has 0 heterocycles. The topological polar surface area (TPSA) is 38.0 Å². The summed E-state index contributed by atoms with van der Waals surface area (Å²) in [7, 11) is 0. The van der Waals surface area contributed by atoms with Gasteiger partial charge in [0.05, 0.1) is 5.69 Å². The molecular weight excluding hydrogens is 162 g/mol. The highest BCUT2D eigenvalue weighted by Gasteiger charge is 2.11. The minimum atomic E-state index is -0.630. The van der Waals surface area contributed by atoms with Crippen LogP contribution in [-0.2, 0) is 0 Å². The Morgan fingerprint density at radius 1 is 1.33 bits per heavy atom. The van der Waals surface area contributed by atoms with Gasteiger partial charge in [0.25, 0.3) is 0 Å². The summed E-state index contributed by atoms with van der Waals surface area (Å²) in [5.74, 6) is 3.88. The van der Waals surface area contributed by atoms with Gasteiger partial charge in [-0.05, 0) is 25.5 Å². The normalized spacial score (nSPS) is 10.1. The van der Waals surface area contributed by atoms with Crippen molar-refractivity contribution in [1.29, 1.82) is 0 Å². The maximum absolute atomic E-state index is 13.1. The van der Waals surface area contributed by atoms with E-state index >= 15 is 0 Å². The molecule has 0 saturated carbocycles. The lowest BCUT2D eigenvalue weighted by atomic mass is 10.1. The first-order chi connectivity index (χ1) is 5.57. The predicted octanol–water partition coefficient (Wildman–Crippen LogP) is 1.87. The SMILES string of the molecule is Cc1cc(F)c(C)c(F)c1NN. The standard InChI is InChI=1S/C8H10F2N2/c1-4-3-6(9)5(2)7(10)8(4)12-11/h3,12H,11H2,1-2H3. The van der Waals surface area contributed by atoms with Gasteiger partial charge >= 0.3 is 0 Å². The molecule has 4 heteroatoms. The molecule has 0 atom stereocenters. The molecule has 0 spiro atoms. The molecule has 12 heavy (non-hydrogen) atoms. The van der Waals surface area contributed by atoms with Gasteiger partial charge in [0.2, 0.25) is 0 Å². The minimum absolute atomic E-state index is 0.0199. The van der Waals surface area contributed by atoms with E-state index in [1.165, 1.54) is 13.0 Å². The van der Waals surface area contributed by atoms with Crippen LogP contribution in [0.25, 0.3) is 0 Å². The fourth-order valence-electron chi connectivity index (χ4n) is 1.01. The van der Waals surface area contributed by atoms with Gasteiger partial charge in [0, 0.05) is 5.56 Å². The highest BCUT2D eigenvalue weighted by Crippen LogP contribution is 2.23. The third-order valence-corrected chi connectivity index (χ3v) is 1.79. The van der Waals surface area contributed by atoms with Crippen molar-refractivity contribution < 1.29 is 8.78 Å². The molecule has 0 radical (unpaired) electrons. The van der Waals surface area contributed by atoms with E-state index in [0.717, 1.165) is 0 Å². The highest BCUT2D eigenvalue weighted by molar-refractivity contribution is 5.53. The van der Waals surface area contributed by atoms with E-state index in [2.05, 4.69) is 5.43 Å². The average Bonchev–Trinajstić information content (AvgIpc) is 2.01. The quantitative estimate of drug-likeness (QED) is 0.501. The van der Waals surface area contributed by atoms with Crippen molar-refractivity contribution in [2.24, 2.45) is 5.84 Å². The summed E-state index contributed by atoms with van der Waals surface area (Å²) in [6.07, 6.45) is 0. The number of nitrogen functional groups attached to an aromatic ring is 1. The Balaban J connectivity index is 3.40. The van der Waals surface area contributed by atoms with E-state index in [1.54, 1.807) is 6.92 Å². The summed E-state index contributed by atoms with van der Waals surface area (Å²) in [5.41, 5.74) is 2.77. The van der Waals surface area contributed by atoms with E-state index in [1.807, 2.05) is 0 Å². The zero-order valence-electron chi connectivity index (χ0n) is 6.91. The number of halogens is 2. The summed E-state index contributed by atoms with van der Waals surface area (Å²) in [4.78, 5) is 0. The number of nitrogens with one attached hydrogen (secondary N) is 1. The van der Waals surface area contributed by atoms with Crippen molar-refractivity contribution in [2.75, 3.05) is 5.43 Å². The maximum atomic E-state index is 13.1. The first kappa shape index (κ1) is 8.93. The Bertz CT molecular complexity index is 310. The summed E-state index contributed by atoms with van der Waals surface area (Å²) < 4.78 is 26.0. The van der Waals surface area contributed by atoms with Gasteiger partial charge in [-0.3, -0.25) is 5.84 Å². The number of hydrazine groups is 1. The number of hydrogen-bond acceptors (Lipinski definition) is 2. The molecule has 0 amide bonds. The van der Waals surface area contributed by atoms with Crippen molar-refractivity contribution in [1.82, 2.24) is 0 Å². The van der Waals surface area contributed by atoms with Gasteiger partial charge in [-0.1, -0.05) is 0 Å². The highest BCUT2D eigenvalue weighted by atomic mass is 19.1. The fourth-order valence-corrected chi connectivity index (χ4v) is 1.01. The van der Waals surface area contributed by atoms with Gasteiger partial charge < -0.3 is 5.43 Å². The lowest BCUT2D eigenvalue weighted by Gasteiger charge is -2.08. The van der Waals surface area contributed by atoms with Gasteiger partial charge in [0.15, 0.2) is 5.82 Å². The molecule has 0 unspecified atom stereocenters. The van der Waals surface area contributed by atoms with Crippen molar-refractivity contribution >= 4 is 5.69 Å². The van der Waals surface area contributed by atoms with Crippen LogP contribution in [-0.4, -0.2) is 0 Å². The molecule has 0 saturated heterocycles. The van der Waals surface area contributed by atoms with Crippen LogP contribution in [0.4, 0.5) is 14.5 Å². The van der Waals surface area contributed by atoms with E-state index in [9.17, 15) is 8.78 Å². The van der Waals surface area contributed by atoms with Crippen LogP contribution in [0, 0.1) is 25.5 Å². The minimum Gasteiger partial charge on any atom is -0.321 e. The Labute approximate surface area is 69.4 Å².